The average Bonchev–Trinajstić information content (AvgIpc) is 2.99. The van der Waals surface area contributed by atoms with E-state index in [2.05, 4.69) is 5.32 Å². The number of hydrogen-bond donors (Lipinski definition) is 1. The summed E-state index contributed by atoms with van der Waals surface area (Å²) >= 11 is 1.89. The van der Waals surface area contributed by atoms with Crippen LogP contribution in [0.15, 0.2) is 24.3 Å². The van der Waals surface area contributed by atoms with Crippen molar-refractivity contribution in [2.75, 3.05) is 30.5 Å². The van der Waals surface area contributed by atoms with Crippen LogP contribution in [0.5, 0.6) is 5.75 Å². The van der Waals surface area contributed by atoms with Gasteiger partial charge in [-0.05, 0) is 42.9 Å². The Labute approximate surface area is 124 Å². The minimum atomic E-state index is -0.304. The molecule has 0 bridgehead atoms. The van der Waals surface area contributed by atoms with Crippen molar-refractivity contribution in [3.8, 4) is 5.75 Å². The van der Waals surface area contributed by atoms with Crippen LogP contribution in [-0.2, 0) is 9.53 Å². The van der Waals surface area contributed by atoms with Crippen molar-refractivity contribution in [3.63, 3.8) is 0 Å². The lowest BCUT2D eigenvalue weighted by Gasteiger charge is -2.24. The van der Waals surface area contributed by atoms with Crippen molar-refractivity contribution in [2.45, 2.75) is 19.4 Å². The molecule has 1 aliphatic rings. The number of nitrogens with one attached hydrogen (secondary N) is 1. The number of hydrogen-bond acceptors (Lipinski definition) is 5. The van der Waals surface area contributed by atoms with E-state index >= 15 is 0 Å². The zero-order valence-corrected chi connectivity index (χ0v) is 12.7. The molecular weight excluding hydrogens is 274 g/mol. The van der Waals surface area contributed by atoms with Crippen LogP contribution < -0.4 is 10.1 Å². The van der Waals surface area contributed by atoms with E-state index in [0.29, 0.717) is 12.5 Å². The minimum absolute atomic E-state index is 0.175. The predicted molar refractivity (Wildman–Crippen MR) is 82.5 cm³/mol. The van der Waals surface area contributed by atoms with Crippen LogP contribution in [0.25, 0.3) is 0 Å². The Kier molecular flexibility index (Phi) is 5.59. The predicted octanol–water partition coefficient (Wildman–Crippen LogP) is 2.79. The standard InChI is InChI=1S/C15H21NO3S/c1-3-19-15(17)14(11-8-9-20-10-11)16-12-6-4-5-7-13(12)18-2/h4-7,11,14,16H,3,8-10H2,1-2H3. The molecule has 0 aromatic heterocycles. The summed E-state index contributed by atoms with van der Waals surface area (Å²) in [6.07, 6.45) is 1.04. The number of esters is 1. The van der Waals surface area contributed by atoms with Crippen molar-refractivity contribution >= 4 is 23.4 Å². The van der Waals surface area contributed by atoms with Gasteiger partial charge in [0.05, 0.1) is 19.4 Å². The van der Waals surface area contributed by atoms with Crippen LogP contribution in [0.3, 0.4) is 0 Å². The van der Waals surface area contributed by atoms with Crippen molar-refractivity contribution in [1.82, 2.24) is 0 Å². The van der Waals surface area contributed by atoms with E-state index in [9.17, 15) is 4.79 Å². The van der Waals surface area contributed by atoms with Crippen LogP contribution in [0.4, 0.5) is 5.69 Å². The van der Waals surface area contributed by atoms with E-state index in [1.54, 1.807) is 7.11 Å². The second-order valence-electron chi connectivity index (χ2n) is 4.70. The molecule has 1 fully saturated rings. The molecule has 1 N–H and O–H groups in total. The summed E-state index contributed by atoms with van der Waals surface area (Å²) in [4.78, 5) is 12.2. The van der Waals surface area contributed by atoms with E-state index in [1.165, 1.54) is 0 Å². The zero-order chi connectivity index (χ0) is 14.4. The first-order valence-corrected chi connectivity index (χ1v) is 8.05. The van der Waals surface area contributed by atoms with Gasteiger partial charge in [0.2, 0.25) is 0 Å². The van der Waals surface area contributed by atoms with E-state index in [4.69, 9.17) is 9.47 Å². The number of thioether (sulfide) groups is 1. The Balaban J connectivity index is 2.16. The first-order chi connectivity index (χ1) is 9.76. The molecule has 4 nitrogen and oxygen atoms in total. The zero-order valence-electron chi connectivity index (χ0n) is 11.9. The molecule has 2 unspecified atom stereocenters. The van der Waals surface area contributed by atoms with E-state index in [0.717, 1.165) is 29.4 Å². The number of rotatable bonds is 6. The topological polar surface area (TPSA) is 47.6 Å². The normalized spacial score (nSPS) is 19.4. The van der Waals surface area contributed by atoms with Gasteiger partial charge in [-0.1, -0.05) is 12.1 Å². The smallest absolute Gasteiger partial charge is 0.328 e. The fraction of sp³-hybridized carbons (Fsp3) is 0.533. The molecule has 1 aromatic carbocycles. The van der Waals surface area contributed by atoms with Crippen molar-refractivity contribution in [2.24, 2.45) is 5.92 Å². The Morgan fingerprint density at radius 2 is 2.30 bits per heavy atom. The summed E-state index contributed by atoms with van der Waals surface area (Å²) in [5.74, 6) is 2.97. The Morgan fingerprint density at radius 1 is 1.50 bits per heavy atom. The van der Waals surface area contributed by atoms with Crippen LogP contribution in [0, 0.1) is 5.92 Å². The van der Waals surface area contributed by atoms with Crippen LogP contribution in [0.1, 0.15) is 13.3 Å². The maximum atomic E-state index is 12.2. The third-order valence-corrected chi connectivity index (χ3v) is 4.58. The summed E-state index contributed by atoms with van der Waals surface area (Å²) in [7, 11) is 1.63. The van der Waals surface area contributed by atoms with Gasteiger partial charge < -0.3 is 14.8 Å². The van der Waals surface area contributed by atoms with Crippen LogP contribution in [0.2, 0.25) is 0 Å². The largest absolute Gasteiger partial charge is 0.495 e. The minimum Gasteiger partial charge on any atom is -0.495 e. The quantitative estimate of drug-likeness (QED) is 0.818. The molecule has 0 amide bonds. The van der Waals surface area contributed by atoms with Crippen molar-refractivity contribution in [3.05, 3.63) is 24.3 Å². The fourth-order valence-electron chi connectivity index (χ4n) is 2.35. The highest BCUT2D eigenvalue weighted by Gasteiger charge is 2.32. The van der Waals surface area contributed by atoms with Crippen LogP contribution >= 0.6 is 11.8 Å². The molecule has 2 atom stereocenters. The summed E-state index contributed by atoms with van der Waals surface area (Å²) < 4.78 is 10.5. The molecule has 5 heteroatoms. The number of benzene rings is 1. The molecule has 1 saturated heterocycles. The highest BCUT2D eigenvalue weighted by molar-refractivity contribution is 7.99. The lowest BCUT2D eigenvalue weighted by atomic mass is 9.99. The summed E-state index contributed by atoms with van der Waals surface area (Å²) in [6, 6.07) is 7.34. The lowest BCUT2D eigenvalue weighted by molar-refractivity contribution is -0.145. The van der Waals surface area contributed by atoms with Gasteiger partial charge in [0, 0.05) is 0 Å². The van der Waals surface area contributed by atoms with Gasteiger partial charge in [0.25, 0.3) is 0 Å². The number of carbonyl (C=O) groups is 1. The van der Waals surface area contributed by atoms with Gasteiger partial charge >= 0.3 is 5.97 Å². The summed E-state index contributed by atoms with van der Waals surface area (Å²) in [6.45, 7) is 2.24. The molecule has 20 heavy (non-hydrogen) atoms. The second-order valence-corrected chi connectivity index (χ2v) is 5.85. The SMILES string of the molecule is CCOC(=O)C(Nc1ccccc1OC)C1CCSC1. The fourth-order valence-corrected chi connectivity index (χ4v) is 3.65. The molecule has 0 aliphatic carbocycles. The second kappa shape index (κ2) is 7.43. The van der Waals surface area contributed by atoms with Gasteiger partial charge in [0.15, 0.2) is 0 Å². The molecule has 1 aliphatic heterocycles. The van der Waals surface area contributed by atoms with E-state index in [-0.39, 0.29) is 12.0 Å². The Bertz CT molecular complexity index is 446. The maximum Gasteiger partial charge on any atom is 0.328 e. The highest BCUT2D eigenvalue weighted by Crippen LogP contribution is 2.31. The summed E-state index contributed by atoms with van der Waals surface area (Å²) in [5.41, 5.74) is 0.838. The Morgan fingerprint density at radius 3 is 2.95 bits per heavy atom. The molecule has 1 heterocycles. The van der Waals surface area contributed by atoms with E-state index < -0.39 is 0 Å². The van der Waals surface area contributed by atoms with Gasteiger partial charge in [-0.2, -0.15) is 11.8 Å². The molecule has 2 rings (SSSR count). The van der Waals surface area contributed by atoms with Crippen LogP contribution in [-0.4, -0.2) is 37.2 Å². The van der Waals surface area contributed by atoms with Crippen molar-refractivity contribution < 1.29 is 14.3 Å². The molecular formula is C15H21NO3S. The lowest BCUT2D eigenvalue weighted by Crippen LogP contribution is -2.38. The maximum absolute atomic E-state index is 12.2. The number of anilines is 1. The first kappa shape index (κ1) is 15.0. The Hall–Kier alpha value is -1.36. The molecule has 110 valence electrons. The average molecular weight is 295 g/mol. The third-order valence-electron chi connectivity index (χ3n) is 3.39. The molecule has 1 aromatic rings. The molecule has 0 saturated carbocycles. The number of para-hydroxylation sites is 2. The number of ether oxygens (including phenoxy) is 2. The van der Waals surface area contributed by atoms with E-state index in [1.807, 2.05) is 43.0 Å². The van der Waals surface area contributed by atoms with Crippen molar-refractivity contribution in [1.29, 1.82) is 0 Å². The number of methoxy groups -OCH3 is 1. The third kappa shape index (κ3) is 3.60. The molecule has 0 spiro atoms. The summed E-state index contributed by atoms with van der Waals surface area (Å²) in [5, 5.41) is 3.31. The van der Waals surface area contributed by atoms with Gasteiger partial charge in [-0.25, -0.2) is 4.79 Å². The molecule has 0 radical (unpaired) electrons. The van der Waals surface area contributed by atoms with Gasteiger partial charge in [0.1, 0.15) is 11.8 Å². The monoisotopic (exact) mass is 295 g/mol. The van der Waals surface area contributed by atoms with Gasteiger partial charge in [-0.15, -0.1) is 0 Å². The highest BCUT2D eigenvalue weighted by atomic mass is 32.2. The van der Waals surface area contributed by atoms with Gasteiger partial charge in [-0.3, -0.25) is 0 Å². The number of carbonyl (C=O) groups excluding carboxylic acids is 1. The first-order valence-electron chi connectivity index (χ1n) is 6.90.